The third-order valence-corrected chi connectivity index (χ3v) is 2.71. The van der Waals surface area contributed by atoms with Crippen LogP contribution in [-0.4, -0.2) is 35.8 Å². The van der Waals surface area contributed by atoms with Crippen molar-refractivity contribution in [3.63, 3.8) is 0 Å². The first-order valence-corrected chi connectivity index (χ1v) is 5.65. The lowest BCUT2D eigenvalue weighted by atomic mass is 10.2. The number of barbiturate groups is 1. The Bertz CT molecular complexity index is 570. The molecule has 0 spiro atoms. The minimum Gasteiger partial charge on any atom is -0.275 e. The molecule has 1 atom stereocenters. The second kappa shape index (κ2) is 5.15. The molecule has 1 fully saturated rings. The topological polar surface area (TPSA) is 91.2 Å². The smallest absolute Gasteiger partial charge is 0.275 e. The van der Waals surface area contributed by atoms with E-state index in [0.717, 1.165) is 4.90 Å². The minimum absolute atomic E-state index is 0.449. The Kier molecular flexibility index (Phi) is 3.57. The van der Waals surface area contributed by atoms with E-state index >= 15 is 0 Å². The van der Waals surface area contributed by atoms with Crippen LogP contribution in [0.4, 0.5) is 10.5 Å². The maximum atomic E-state index is 11.7. The normalized spacial score (nSPS) is 20.0. The molecule has 1 saturated heterocycles. The monoisotopic (exact) mass is 280 g/mol. The number of urea groups is 1. The van der Waals surface area contributed by atoms with Crippen LogP contribution in [0, 0.1) is 0 Å². The molecule has 1 aliphatic heterocycles. The summed E-state index contributed by atoms with van der Waals surface area (Å²) in [5, 5.41) is 9.98. The average Bonchev–Trinajstić information content (AvgIpc) is 2.38. The van der Waals surface area contributed by atoms with E-state index in [-0.39, 0.29) is 0 Å². The molecule has 0 bridgehead atoms. The van der Waals surface area contributed by atoms with E-state index in [9.17, 15) is 14.4 Å². The van der Waals surface area contributed by atoms with E-state index in [4.69, 9.17) is 11.6 Å². The summed E-state index contributed by atoms with van der Waals surface area (Å²) in [6, 6.07) is 4.27. The number of carbonyl (C=O) groups excluding carboxylic acids is 3. The number of hydrogen-bond donors (Lipinski definition) is 1. The van der Waals surface area contributed by atoms with E-state index in [1.807, 2.05) is 5.32 Å². The molecule has 0 radical (unpaired) electrons. The predicted octanol–water partition coefficient (Wildman–Crippen LogP) is 1.50. The van der Waals surface area contributed by atoms with Gasteiger partial charge in [0, 0.05) is 12.1 Å². The second-order valence-corrected chi connectivity index (χ2v) is 4.22. The van der Waals surface area contributed by atoms with Gasteiger partial charge in [0.1, 0.15) is 0 Å². The highest BCUT2D eigenvalue weighted by Crippen LogP contribution is 2.17. The van der Waals surface area contributed by atoms with Crippen LogP contribution in [0.1, 0.15) is 0 Å². The molecule has 1 aromatic carbocycles. The summed E-state index contributed by atoms with van der Waals surface area (Å²) in [5.74, 6) is -1.50. The van der Waals surface area contributed by atoms with E-state index in [2.05, 4.69) is 10.2 Å². The van der Waals surface area contributed by atoms with Gasteiger partial charge >= 0.3 is 6.03 Å². The molecule has 8 heteroatoms. The molecule has 1 aliphatic rings. The highest BCUT2D eigenvalue weighted by Gasteiger charge is 2.38. The number of likely N-dealkylation sites (N-methyl/N-ethyl adjacent to an activating group) is 1. The third-order valence-electron chi connectivity index (χ3n) is 2.46. The molecule has 2 rings (SSSR count). The molecule has 1 N–H and O–H groups in total. The van der Waals surface area contributed by atoms with Crippen LogP contribution in [0.15, 0.2) is 34.5 Å². The van der Waals surface area contributed by atoms with Gasteiger partial charge in [-0.15, -0.1) is 0 Å². The Morgan fingerprint density at radius 1 is 1.21 bits per heavy atom. The number of halogens is 1. The number of carbonyl (C=O) groups is 3. The number of hydrogen-bond acceptors (Lipinski definition) is 5. The van der Waals surface area contributed by atoms with Gasteiger partial charge < -0.3 is 0 Å². The van der Waals surface area contributed by atoms with Gasteiger partial charge in [-0.3, -0.25) is 19.8 Å². The first kappa shape index (κ1) is 13.2. The summed E-state index contributed by atoms with van der Waals surface area (Å²) in [4.78, 5) is 35.1. The molecule has 19 heavy (non-hydrogen) atoms. The van der Waals surface area contributed by atoms with Gasteiger partial charge in [-0.25, -0.2) is 4.79 Å². The maximum Gasteiger partial charge on any atom is 0.330 e. The van der Waals surface area contributed by atoms with Crippen LogP contribution < -0.4 is 5.32 Å². The van der Waals surface area contributed by atoms with Crippen LogP contribution in [0.3, 0.4) is 0 Å². The van der Waals surface area contributed by atoms with Crippen molar-refractivity contribution in [3.05, 3.63) is 29.3 Å². The summed E-state index contributed by atoms with van der Waals surface area (Å²) in [6.07, 6.45) is 0. The van der Waals surface area contributed by atoms with Crippen molar-refractivity contribution >= 4 is 35.1 Å². The van der Waals surface area contributed by atoms with E-state index in [1.54, 1.807) is 24.3 Å². The first-order chi connectivity index (χ1) is 8.99. The Balaban J connectivity index is 2.17. The molecular weight excluding hydrogens is 272 g/mol. The lowest BCUT2D eigenvalue weighted by Gasteiger charge is -2.23. The van der Waals surface area contributed by atoms with Gasteiger partial charge in [0.25, 0.3) is 11.8 Å². The summed E-state index contributed by atoms with van der Waals surface area (Å²) in [6.45, 7) is 0. The van der Waals surface area contributed by atoms with E-state index in [1.165, 1.54) is 7.05 Å². The van der Waals surface area contributed by atoms with Crippen LogP contribution in [0.2, 0.25) is 5.02 Å². The van der Waals surface area contributed by atoms with Crippen molar-refractivity contribution in [2.45, 2.75) is 6.04 Å². The Morgan fingerprint density at radius 2 is 1.84 bits per heavy atom. The van der Waals surface area contributed by atoms with Crippen molar-refractivity contribution < 1.29 is 14.4 Å². The summed E-state index contributed by atoms with van der Waals surface area (Å²) < 4.78 is 0. The van der Waals surface area contributed by atoms with Crippen LogP contribution >= 0.6 is 11.6 Å². The van der Waals surface area contributed by atoms with Gasteiger partial charge in [0.15, 0.2) is 0 Å². The fourth-order valence-electron chi connectivity index (χ4n) is 1.39. The Hall–Kier alpha value is -2.28. The Morgan fingerprint density at radius 3 is 2.47 bits per heavy atom. The van der Waals surface area contributed by atoms with Crippen molar-refractivity contribution in [2.24, 2.45) is 10.2 Å². The molecule has 1 aromatic rings. The highest BCUT2D eigenvalue weighted by atomic mass is 35.5. The molecule has 1 heterocycles. The largest absolute Gasteiger partial charge is 0.330 e. The first-order valence-electron chi connectivity index (χ1n) is 5.28. The number of amides is 4. The van der Waals surface area contributed by atoms with Crippen LogP contribution in [0.25, 0.3) is 0 Å². The summed E-state index contributed by atoms with van der Waals surface area (Å²) >= 11 is 5.71. The molecule has 98 valence electrons. The van der Waals surface area contributed by atoms with Gasteiger partial charge in [-0.2, -0.15) is 10.2 Å². The molecule has 0 aliphatic carbocycles. The summed E-state index contributed by atoms with van der Waals surface area (Å²) in [5.41, 5.74) is 0.449. The number of nitrogens with one attached hydrogen (secondary N) is 1. The van der Waals surface area contributed by atoms with Crippen LogP contribution in [-0.2, 0) is 9.59 Å². The number of imide groups is 2. The SMILES string of the molecule is CN1C(=O)NC(=O)[C@@H](N=Nc2ccc(Cl)cc2)C1=O. The van der Waals surface area contributed by atoms with Gasteiger partial charge in [-0.1, -0.05) is 11.6 Å². The Labute approximate surface area is 113 Å². The molecule has 0 aromatic heterocycles. The fraction of sp³-hybridized carbons (Fsp3) is 0.182. The minimum atomic E-state index is -1.35. The highest BCUT2D eigenvalue weighted by molar-refractivity contribution is 6.30. The number of nitrogens with zero attached hydrogens (tertiary/aromatic N) is 3. The quantitative estimate of drug-likeness (QED) is 0.657. The number of azo groups is 1. The van der Waals surface area contributed by atoms with Gasteiger partial charge in [0.2, 0.25) is 6.04 Å². The molecule has 0 saturated carbocycles. The number of rotatable bonds is 2. The average molecular weight is 281 g/mol. The maximum absolute atomic E-state index is 11.7. The molecular formula is C11H9ClN4O3. The predicted molar refractivity (Wildman–Crippen MR) is 66.1 cm³/mol. The van der Waals surface area contributed by atoms with E-state index in [0.29, 0.717) is 10.7 Å². The summed E-state index contributed by atoms with van der Waals surface area (Å²) in [7, 11) is 1.26. The second-order valence-electron chi connectivity index (χ2n) is 3.79. The van der Waals surface area contributed by atoms with E-state index < -0.39 is 23.9 Å². The number of benzene rings is 1. The van der Waals surface area contributed by atoms with Gasteiger partial charge in [0.05, 0.1) is 5.69 Å². The fourth-order valence-corrected chi connectivity index (χ4v) is 1.51. The van der Waals surface area contributed by atoms with Crippen LogP contribution in [0.5, 0.6) is 0 Å². The molecule has 4 amide bonds. The van der Waals surface area contributed by atoms with Gasteiger partial charge in [-0.05, 0) is 24.3 Å². The standard InChI is InChI=1S/C11H9ClN4O3/c1-16-10(18)8(9(17)13-11(16)19)15-14-7-4-2-6(12)3-5-7/h2-5,8H,1H3,(H,13,17,19)/t8-/m1/s1. The molecule has 0 unspecified atom stereocenters. The van der Waals surface area contributed by atoms with Crippen molar-refractivity contribution in [1.82, 2.24) is 10.2 Å². The van der Waals surface area contributed by atoms with Crippen molar-refractivity contribution in [2.75, 3.05) is 7.05 Å². The zero-order valence-electron chi connectivity index (χ0n) is 9.83. The molecule has 7 nitrogen and oxygen atoms in total. The lowest BCUT2D eigenvalue weighted by Crippen LogP contribution is -2.58. The van der Waals surface area contributed by atoms with Crippen molar-refractivity contribution in [3.8, 4) is 0 Å². The van der Waals surface area contributed by atoms with Crippen molar-refractivity contribution in [1.29, 1.82) is 0 Å². The lowest BCUT2D eigenvalue weighted by molar-refractivity contribution is -0.137. The zero-order valence-corrected chi connectivity index (χ0v) is 10.6. The third kappa shape index (κ3) is 2.76. The zero-order chi connectivity index (χ0) is 14.0.